The van der Waals surface area contributed by atoms with Gasteiger partial charge in [-0.3, -0.25) is 14.9 Å². The van der Waals surface area contributed by atoms with E-state index in [2.05, 4.69) is 10.1 Å². The molecule has 0 saturated heterocycles. The summed E-state index contributed by atoms with van der Waals surface area (Å²) in [4.78, 5) is 32.0. The minimum Gasteiger partial charge on any atom is -0.481 e. The van der Waals surface area contributed by atoms with E-state index in [-0.39, 0.29) is 18.8 Å². The monoisotopic (exact) mass is 339 g/mol. The number of carboxylic acids is 1. The molecule has 0 bridgehead atoms. The van der Waals surface area contributed by atoms with E-state index in [0.29, 0.717) is 12.3 Å². The molecule has 0 aromatic heterocycles. The number of hydrogen-bond donors (Lipinski definition) is 2. The Morgan fingerprint density at radius 3 is 2.42 bits per heavy atom. The Kier molecular flexibility index (Phi) is 11.5. The standard InChI is InChI=1S/C14H19NO4.C3H6O2/c1-3-4-8-19-14(17)15-12-7-5-6-11(9-12)10-13(16)18-2;1-2-3(4)5/h5-7,9H,3-4,8,10H2,1-2H3,(H,15,17);2H2,1H3,(H,4,5). The van der Waals surface area contributed by atoms with Gasteiger partial charge in [-0.2, -0.15) is 0 Å². The highest BCUT2D eigenvalue weighted by atomic mass is 16.5. The van der Waals surface area contributed by atoms with Crippen LogP contribution in [-0.4, -0.2) is 36.9 Å². The fraction of sp³-hybridized carbons (Fsp3) is 0.471. The van der Waals surface area contributed by atoms with Crippen molar-refractivity contribution in [3.63, 3.8) is 0 Å². The molecule has 134 valence electrons. The van der Waals surface area contributed by atoms with Gasteiger partial charge in [0.25, 0.3) is 0 Å². The van der Waals surface area contributed by atoms with Crippen molar-refractivity contribution in [2.45, 2.75) is 39.5 Å². The molecule has 0 aliphatic carbocycles. The number of anilines is 1. The van der Waals surface area contributed by atoms with E-state index in [1.165, 1.54) is 7.11 Å². The van der Waals surface area contributed by atoms with Crippen LogP contribution in [-0.2, 0) is 25.5 Å². The molecule has 24 heavy (non-hydrogen) atoms. The van der Waals surface area contributed by atoms with Crippen LogP contribution < -0.4 is 5.32 Å². The van der Waals surface area contributed by atoms with Crippen molar-refractivity contribution in [3.05, 3.63) is 29.8 Å². The predicted octanol–water partition coefficient (Wildman–Crippen LogP) is 3.23. The van der Waals surface area contributed by atoms with Crippen LogP contribution in [0.15, 0.2) is 24.3 Å². The van der Waals surface area contributed by atoms with E-state index in [1.807, 2.05) is 6.92 Å². The van der Waals surface area contributed by atoms with Crippen molar-refractivity contribution in [3.8, 4) is 0 Å². The molecule has 0 fully saturated rings. The molecule has 0 aliphatic heterocycles. The smallest absolute Gasteiger partial charge is 0.411 e. The second kappa shape index (κ2) is 12.9. The van der Waals surface area contributed by atoms with Crippen LogP contribution in [0.2, 0.25) is 0 Å². The number of carbonyl (C=O) groups is 3. The van der Waals surface area contributed by atoms with Crippen molar-refractivity contribution in [1.82, 2.24) is 0 Å². The fourth-order valence-electron chi connectivity index (χ4n) is 1.46. The molecule has 1 rings (SSSR count). The van der Waals surface area contributed by atoms with Crippen LogP contribution in [0.4, 0.5) is 10.5 Å². The maximum atomic E-state index is 11.5. The zero-order chi connectivity index (χ0) is 18.4. The largest absolute Gasteiger partial charge is 0.481 e. The first-order valence-electron chi connectivity index (χ1n) is 7.74. The van der Waals surface area contributed by atoms with Gasteiger partial charge in [0, 0.05) is 12.1 Å². The number of aliphatic carboxylic acids is 1. The SMILES string of the molecule is CCC(=O)O.CCCCOC(=O)Nc1cccc(CC(=O)OC)c1. The van der Waals surface area contributed by atoms with Crippen LogP contribution in [0.3, 0.4) is 0 Å². The van der Waals surface area contributed by atoms with Crippen molar-refractivity contribution in [2.75, 3.05) is 19.0 Å². The summed E-state index contributed by atoms with van der Waals surface area (Å²) in [6.45, 7) is 4.03. The molecule has 0 aliphatic rings. The molecule has 1 aromatic carbocycles. The number of methoxy groups -OCH3 is 1. The van der Waals surface area contributed by atoms with Gasteiger partial charge in [-0.25, -0.2) is 4.79 Å². The average molecular weight is 339 g/mol. The maximum absolute atomic E-state index is 11.5. The predicted molar refractivity (Wildman–Crippen MR) is 90.0 cm³/mol. The molecule has 0 atom stereocenters. The summed E-state index contributed by atoms with van der Waals surface area (Å²) in [7, 11) is 1.34. The highest BCUT2D eigenvalue weighted by molar-refractivity contribution is 5.85. The van der Waals surface area contributed by atoms with Crippen molar-refractivity contribution in [2.24, 2.45) is 0 Å². The quantitative estimate of drug-likeness (QED) is 0.584. The summed E-state index contributed by atoms with van der Waals surface area (Å²) in [5, 5.41) is 10.3. The molecular weight excluding hydrogens is 314 g/mol. The molecule has 1 aromatic rings. The van der Waals surface area contributed by atoms with Gasteiger partial charge in [-0.15, -0.1) is 0 Å². The van der Waals surface area contributed by atoms with Gasteiger partial charge >= 0.3 is 18.0 Å². The molecule has 0 radical (unpaired) electrons. The molecule has 1 amide bonds. The van der Waals surface area contributed by atoms with Gasteiger partial charge in [-0.1, -0.05) is 32.4 Å². The van der Waals surface area contributed by atoms with E-state index in [9.17, 15) is 14.4 Å². The van der Waals surface area contributed by atoms with Gasteiger partial charge in [-0.05, 0) is 24.1 Å². The Hall–Kier alpha value is -2.57. The fourth-order valence-corrected chi connectivity index (χ4v) is 1.46. The van der Waals surface area contributed by atoms with Crippen LogP contribution in [0.25, 0.3) is 0 Å². The lowest BCUT2D eigenvalue weighted by Gasteiger charge is -2.07. The molecule has 0 saturated carbocycles. The van der Waals surface area contributed by atoms with Crippen LogP contribution in [0.1, 0.15) is 38.7 Å². The number of ether oxygens (including phenoxy) is 2. The van der Waals surface area contributed by atoms with Gasteiger partial charge < -0.3 is 14.6 Å². The van der Waals surface area contributed by atoms with Crippen LogP contribution in [0.5, 0.6) is 0 Å². The Bertz CT molecular complexity index is 530. The lowest BCUT2D eigenvalue weighted by Crippen LogP contribution is -2.14. The van der Waals surface area contributed by atoms with Crippen LogP contribution in [0, 0.1) is 0 Å². The molecule has 7 heteroatoms. The number of amides is 1. The number of unbranched alkanes of at least 4 members (excludes halogenated alkanes) is 1. The minimum atomic E-state index is -0.745. The van der Waals surface area contributed by atoms with Crippen molar-refractivity contribution >= 4 is 23.7 Å². The molecule has 0 heterocycles. The van der Waals surface area contributed by atoms with Crippen LogP contribution >= 0.6 is 0 Å². The second-order valence-electron chi connectivity index (χ2n) is 4.82. The minimum absolute atomic E-state index is 0.177. The maximum Gasteiger partial charge on any atom is 0.411 e. The Morgan fingerprint density at radius 2 is 1.88 bits per heavy atom. The first kappa shape index (κ1) is 21.4. The van der Waals surface area contributed by atoms with Crippen molar-refractivity contribution in [1.29, 1.82) is 0 Å². The van der Waals surface area contributed by atoms with E-state index in [0.717, 1.165) is 18.4 Å². The number of esters is 1. The molecule has 0 unspecified atom stereocenters. The van der Waals surface area contributed by atoms with Gasteiger partial charge in [0.2, 0.25) is 0 Å². The highest BCUT2D eigenvalue weighted by Gasteiger charge is 2.06. The second-order valence-corrected chi connectivity index (χ2v) is 4.82. The highest BCUT2D eigenvalue weighted by Crippen LogP contribution is 2.12. The summed E-state index contributed by atoms with van der Waals surface area (Å²) >= 11 is 0. The van der Waals surface area contributed by atoms with Gasteiger partial charge in [0.1, 0.15) is 0 Å². The third-order valence-electron chi connectivity index (χ3n) is 2.78. The third kappa shape index (κ3) is 11.1. The normalized spacial score (nSPS) is 9.29. The van der Waals surface area contributed by atoms with E-state index in [4.69, 9.17) is 9.84 Å². The van der Waals surface area contributed by atoms with Gasteiger partial charge in [0.05, 0.1) is 20.1 Å². The molecule has 2 N–H and O–H groups in total. The van der Waals surface area contributed by atoms with Gasteiger partial charge in [0.15, 0.2) is 0 Å². The Balaban J connectivity index is 0.000000922. The number of benzene rings is 1. The molecule has 7 nitrogen and oxygen atoms in total. The first-order chi connectivity index (χ1) is 11.4. The van der Waals surface area contributed by atoms with E-state index >= 15 is 0 Å². The number of carbonyl (C=O) groups excluding carboxylic acids is 2. The Labute approximate surface area is 142 Å². The summed E-state index contributed by atoms with van der Waals surface area (Å²) in [6, 6.07) is 7.02. The lowest BCUT2D eigenvalue weighted by atomic mass is 10.1. The van der Waals surface area contributed by atoms with E-state index in [1.54, 1.807) is 31.2 Å². The number of hydrogen-bond acceptors (Lipinski definition) is 5. The summed E-state index contributed by atoms with van der Waals surface area (Å²) in [6.07, 6.45) is 1.73. The average Bonchev–Trinajstić information content (AvgIpc) is 2.55. The lowest BCUT2D eigenvalue weighted by molar-refractivity contribution is -0.140. The summed E-state index contributed by atoms with van der Waals surface area (Å²) < 4.78 is 9.58. The first-order valence-corrected chi connectivity index (χ1v) is 7.74. The number of nitrogens with one attached hydrogen (secondary N) is 1. The topological polar surface area (TPSA) is 102 Å². The zero-order valence-corrected chi connectivity index (χ0v) is 14.3. The summed E-state index contributed by atoms with van der Waals surface area (Å²) in [5.41, 5.74) is 1.38. The third-order valence-corrected chi connectivity index (χ3v) is 2.78. The number of rotatable bonds is 7. The number of carboxylic acid groups (broad SMARTS) is 1. The molecule has 0 spiro atoms. The van der Waals surface area contributed by atoms with E-state index < -0.39 is 12.1 Å². The molecular formula is C17H25NO6. The zero-order valence-electron chi connectivity index (χ0n) is 14.3. The van der Waals surface area contributed by atoms with Crippen molar-refractivity contribution < 1.29 is 29.0 Å². The summed E-state index contributed by atoms with van der Waals surface area (Å²) in [5.74, 6) is -1.06. The Morgan fingerprint density at radius 1 is 1.21 bits per heavy atom.